The molecule has 0 aromatic rings. The van der Waals surface area contributed by atoms with E-state index in [1.54, 1.807) is 14.1 Å². The fraction of sp³-hybridized carbons (Fsp3) is 0.857. The third-order valence-electron chi connectivity index (χ3n) is 3.67. The van der Waals surface area contributed by atoms with Crippen LogP contribution in [0.15, 0.2) is 0 Å². The predicted molar refractivity (Wildman–Crippen MR) is 81.6 cm³/mol. The molecular weight excluding hydrogens is 292 g/mol. The van der Waals surface area contributed by atoms with Crippen molar-refractivity contribution in [2.45, 2.75) is 51.0 Å². The van der Waals surface area contributed by atoms with Gasteiger partial charge in [0, 0.05) is 26.6 Å². The van der Waals surface area contributed by atoms with Crippen LogP contribution in [0.25, 0.3) is 0 Å². The van der Waals surface area contributed by atoms with Gasteiger partial charge in [0.05, 0.1) is 5.75 Å². The third kappa shape index (κ3) is 7.45. The zero-order valence-electron chi connectivity index (χ0n) is 12.9. The Labute approximate surface area is 127 Å². The van der Waals surface area contributed by atoms with E-state index >= 15 is 0 Å². The van der Waals surface area contributed by atoms with Crippen LogP contribution >= 0.6 is 0 Å². The van der Waals surface area contributed by atoms with Gasteiger partial charge in [0.1, 0.15) is 5.75 Å². The van der Waals surface area contributed by atoms with Crippen molar-refractivity contribution in [2.24, 2.45) is 0 Å². The summed E-state index contributed by atoms with van der Waals surface area (Å²) in [5.41, 5.74) is 0. The lowest BCUT2D eigenvalue weighted by Crippen LogP contribution is -2.40. The summed E-state index contributed by atoms with van der Waals surface area (Å²) >= 11 is 0. The highest BCUT2D eigenvalue weighted by Crippen LogP contribution is 2.17. The van der Waals surface area contributed by atoms with Crippen molar-refractivity contribution in [1.82, 2.24) is 10.2 Å². The van der Waals surface area contributed by atoms with Gasteiger partial charge in [-0.05, 0) is 19.3 Å². The molecule has 7 heteroatoms. The van der Waals surface area contributed by atoms with Crippen molar-refractivity contribution in [2.75, 3.05) is 25.6 Å². The highest BCUT2D eigenvalue weighted by atomic mass is 32.2. The molecule has 0 aromatic carbocycles. The fourth-order valence-electron chi connectivity index (χ4n) is 2.46. The van der Waals surface area contributed by atoms with Gasteiger partial charge in [0.15, 0.2) is 9.84 Å². The number of rotatable bonds is 7. The molecule has 0 saturated heterocycles. The standard InChI is InChI=1S/C14H26N2O4S/c1-16(2)14(18)9-6-10-21(19,20)11-13(17)15-12-7-4-3-5-8-12/h12H,3-11H2,1-2H3,(H,15,17). The first-order valence-corrected chi connectivity index (χ1v) is 9.32. The van der Waals surface area contributed by atoms with Gasteiger partial charge >= 0.3 is 0 Å². The molecule has 0 atom stereocenters. The van der Waals surface area contributed by atoms with Crippen LogP contribution in [0.1, 0.15) is 44.9 Å². The van der Waals surface area contributed by atoms with Gasteiger partial charge in [-0.3, -0.25) is 9.59 Å². The van der Waals surface area contributed by atoms with E-state index < -0.39 is 21.5 Å². The summed E-state index contributed by atoms with van der Waals surface area (Å²) in [6.45, 7) is 0. The zero-order valence-corrected chi connectivity index (χ0v) is 13.7. The van der Waals surface area contributed by atoms with Crippen molar-refractivity contribution >= 4 is 21.7 Å². The Hall–Kier alpha value is -1.11. The Morgan fingerprint density at radius 2 is 1.76 bits per heavy atom. The Bertz CT molecular complexity index is 454. The van der Waals surface area contributed by atoms with Crippen LogP contribution < -0.4 is 5.32 Å². The molecule has 0 aromatic heterocycles. The average molecular weight is 318 g/mol. The maximum absolute atomic E-state index is 11.8. The topological polar surface area (TPSA) is 83.6 Å². The molecule has 0 unspecified atom stereocenters. The molecule has 21 heavy (non-hydrogen) atoms. The van der Waals surface area contributed by atoms with E-state index in [2.05, 4.69) is 5.32 Å². The van der Waals surface area contributed by atoms with Crippen molar-refractivity contribution in [3.8, 4) is 0 Å². The number of hydrogen-bond donors (Lipinski definition) is 1. The minimum absolute atomic E-state index is 0.100. The number of carbonyl (C=O) groups excluding carboxylic acids is 2. The molecular formula is C14H26N2O4S. The lowest BCUT2D eigenvalue weighted by molar-refractivity contribution is -0.128. The highest BCUT2D eigenvalue weighted by molar-refractivity contribution is 7.92. The van der Waals surface area contributed by atoms with Crippen LogP contribution in [0.5, 0.6) is 0 Å². The molecule has 1 aliphatic rings. The van der Waals surface area contributed by atoms with Gasteiger partial charge in [-0.15, -0.1) is 0 Å². The first kappa shape index (κ1) is 17.9. The van der Waals surface area contributed by atoms with Gasteiger partial charge < -0.3 is 10.2 Å². The van der Waals surface area contributed by atoms with E-state index in [1.807, 2.05) is 0 Å². The Kier molecular flexibility index (Phi) is 7.14. The van der Waals surface area contributed by atoms with E-state index in [1.165, 1.54) is 11.3 Å². The fourth-order valence-corrected chi connectivity index (χ4v) is 3.67. The van der Waals surface area contributed by atoms with Crippen LogP contribution in [-0.2, 0) is 19.4 Å². The maximum atomic E-state index is 11.8. The van der Waals surface area contributed by atoms with E-state index in [9.17, 15) is 18.0 Å². The van der Waals surface area contributed by atoms with Crippen LogP contribution in [-0.4, -0.2) is 56.8 Å². The Morgan fingerprint density at radius 3 is 2.33 bits per heavy atom. The largest absolute Gasteiger partial charge is 0.352 e. The monoisotopic (exact) mass is 318 g/mol. The summed E-state index contributed by atoms with van der Waals surface area (Å²) in [5, 5.41) is 2.80. The number of hydrogen-bond acceptors (Lipinski definition) is 4. The quantitative estimate of drug-likeness (QED) is 0.749. The zero-order chi connectivity index (χ0) is 15.9. The molecule has 0 heterocycles. The SMILES string of the molecule is CN(C)C(=O)CCCS(=O)(=O)CC(=O)NC1CCCCC1. The van der Waals surface area contributed by atoms with Crippen LogP contribution in [0.3, 0.4) is 0 Å². The molecule has 1 saturated carbocycles. The van der Waals surface area contributed by atoms with Crippen molar-refractivity contribution < 1.29 is 18.0 Å². The third-order valence-corrected chi connectivity index (χ3v) is 5.28. The van der Waals surface area contributed by atoms with Gasteiger partial charge in [0.2, 0.25) is 11.8 Å². The van der Waals surface area contributed by atoms with E-state index in [4.69, 9.17) is 0 Å². The molecule has 6 nitrogen and oxygen atoms in total. The summed E-state index contributed by atoms with van der Waals surface area (Å²) in [6.07, 6.45) is 5.68. The molecule has 1 aliphatic carbocycles. The molecule has 0 spiro atoms. The predicted octanol–water partition coefficient (Wildman–Crippen LogP) is 0.719. The lowest BCUT2D eigenvalue weighted by Gasteiger charge is -2.22. The Balaban J connectivity index is 2.30. The van der Waals surface area contributed by atoms with E-state index in [0.29, 0.717) is 0 Å². The summed E-state index contributed by atoms with van der Waals surface area (Å²) < 4.78 is 23.7. The first-order chi connectivity index (χ1) is 9.80. The second-order valence-corrected chi connectivity index (χ2v) is 8.07. The summed E-state index contributed by atoms with van der Waals surface area (Å²) in [7, 11) is -0.169. The van der Waals surface area contributed by atoms with Crippen molar-refractivity contribution in [1.29, 1.82) is 0 Å². The first-order valence-electron chi connectivity index (χ1n) is 7.50. The van der Waals surface area contributed by atoms with Gasteiger partial charge in [0.25, 0.3) is 0 Å². The number of sulfone groups is 1. The van der Waals surface area contributed by atoms with Crippen molar-refractivity contribution in [3.05, 3.63) is 0 Å². The minimum atomic E-state index is -3.44. The summed E-state index contributed by atoms with van der Waals surface area (Å²) in [4.78, 5) is 24.6. The molecule has 0 bridgehead atoms. The lowest BCUT2D eigenvalue weighted by atomic mass is 9.95. The molecule has 0 aliphatic heterocycles. The second kappa shape index (κ2) is 8.36. The number of amides is 2. The van der Waals surface area contributed by atoms with E-state index in [0.717, 1.165) is 25.7 Å². The number of nitrogens with zero attached hydrogens (tertiary/aromatic N) is 1. The van der Waals surface area contributed by atoms with Crippen LogP contribution in [0, 0.1) is 0 Å². The van der Waals surface area contributed by atoms with Crippen LogP contribution in [0.2, 0.25) is 0 Å². The summed E-state index contributed by atoms with van der Waals surface area (Å²) in [6, 6.07) is 0.122. The van der Waals surface area contributed by atoms with Crippen LogP contribution in [0.4, 0.5) is 0 Å². The molecule has 1 rings (SSSR count). The second-order valence-electron chi connectivity index (χ2n) is 5.89. The minimum Gasteiger partial charge on any atom is -0.352 e. The number of nitrogens with one attached hydrogen (secondary N) is 1. The van der Waals surface area contributed by atoms with Crippen molar-refractivity contribution in [3.63, 3.8) is 0 Å². The average Bonchev–Trinajstić information content (AvgIpc) is 2.38. The smallest absolute Gasteiger partial charge is 0.235 e. The maximum Gasteiger partial charge on any atom is 0.235 e. The number of carbonyl (C=O) groups is 2. The normalized spacial score (nSPS) is 16.5. The molecule has 2 amide bonds. The molecule has 0 radical (unpaired) electrons. The van der Waals surface area contributed by atoms with Gasteiger partial charge in [-0.1, -0.05) is 19.3 Å². The van der Waals surface area contributed by atoms with Gasteiger partial charge in [-0.25, -0.2) is 8.42 Å². The molecule has 122 valence electrons. The van der Waals surface area contributed by atoms with E-state index in [-0.39, 0.29) is 30.5 Å². The van der Waals surface area contributed by atoms with Gasteiger partial charge in [-0.2, -0.15) is 0 Å². The molecule has 1 N–H and O–H groups in total. The Morgan fingerprint density at radius 1 is 1.14 bits per heavy atom. The highest BCUT2D eigenvalue weighted by Gasteiger charge is 2.21. The summed E-state index contributed by atoms with van der Waals surface area (Å²) in [5.74, 6) is -1.11. The molecule has 1 fully saturated rings.